The molecule has 112 valence electrons. The third-order valence-corrected chi connectivity index (χ3v) is 3.49. The summed E-state index contributed by atoms with van der Waals surface area (Å²) in [5.74, 6) is 0.233. The number of carbonyl (C=O) groups is 1. The number of pyridine rings is 1. The van der Waals surface area contributed by atoms with E-state index in [4.69, 9.17) is 9.94 Å². The van der Waals surface area contributed by atoms with E-state index in [-0.39, 0.29) is 0 Å². The van der Waals surface area contributed by atoms with Gasteiger partial charge in [-0.3, -0.25) is 15.0 Å². The van der Waals surface area contributed by atoms with Crippen LogP contribution in [0.5, 0.6) is 5.75 Å². The van der Waals surface area contributed by atoms with Crippen LogP contribution in [0.15, 0.2) is 48.8 Å². The molecule has 2 aromatic heterocycles. The van der Waals surface area contributed by atoms with Crippen molar-refractivity contribution in [2.75, 3.05) is 7.11 Å². The Hall–Kier alpha value is -2.86. The average molecular weight is 297 g/mol. The molecule has 2 N–H and O–H groups in total. The third-order valence-electron chi connectivity index (χ3n) is 3.49. The summed E-state index contributed by atoms with van der Waals surface area (Å²) < 4.78 is 7.14. The maximum absolute atomic E-state index is 11.5. The van der Waals surface area contributed by atoms with Gasteiger partial charge < -0.3 is 9.30 Å². The maximum Gasteiger partial charge on any atom is 0.276 e. The van der Waals surface area contributed by atoms with Crippen molar-refractivity contribution in [3.05, 3.63) is 59.9 Å². The zero-order valence-corrected chi connectivity index (χ0v) is 12.0. The Morgan fingerprint density at radius 1 is 1.32 bits per heavy atom. The molecule has 0 saturated heterocycles. The number of methoxy groups -OCH3 is 1. The van der Waals surface area contributed by atoms with Crippen molar-refractivity contribution >= 4 is 16.9 Å². The zero-order valence-electron chi connectivity index (χ0n) is 12.0. The Bertz CT molecular complexity index is 809. The number of hydrogen-bond donors (Lipinski definition) is 2. The minimum Gasteiger partial charge on any atom is -0.497 e. The van der Waals surface area contributed by atoms with E-state index < -0.39 is 5.91 Å². The smallest absolute Gasteiger partial charge is 0.276 e. The highest BCUT2D eigenvalue weighted by atomic mass is 16.5. The van der Waals surface area contributed by atoms with Crippen LogP contribution in [0, 0.1) is 0 Å². The predicted octanol–water partition coefficient (Wildman–Crippen LogP) is 2.21. The number of hydrogen-bond acceptors (Lipinski definition) is 4. The molecule has 3 aromatic rings. The van der Waals surface area contributed by atoms with E-state index in [0.717, 1.165) is 22.3 Å². The van der Waals surface area contributed by atoms with Gasteiger partial charge in [-0.1, -0.05) is 12.1 Å². The fraction of sp³-hybridized carbons (Fsp3) is 0.125. The van der Waals surface area contributed by atoms with E-state index in [1.54, 1.807) is 18.7 Å². The Kier molecular flexibility index (Phi) is 3.76. The molecular formula is C16H15N3O3. The van der Waals surface area contributed by atoms with Gasteiger partial charge in [0.2, 0.25) is 0 Å². The van der Waals surface area contributed by atoms with E-state index in [1.165, 1.54) is 6.20 Å². The van der Waals surface area contributed by atoms with Crippen molar-refractivity contribution in [1.29, 1.82) is 0 Å². The predicted molar refractivity (Wildman–Crippen MR) is 81.1 cm³/mol. The lowest BCUT2D eigenvalue weighted by molar-refractivity contribution is 0.0706. The monoisotopic (exact) mass is 297 g/mol. The topological polar surface area (TPSA) is 76.4 Å². The van der Waals surface area contributed by atoms with Gasteiger partial charge in [-0.25, -0.2) is 5.48 Å². The molecule has 3 rings (SSSR count). The van der Waals surface area contributed by atoms with Crippen LogP contribution in [0.3, 0.4) is 0 Å². The minimum absolute atomic E-state index is 0.310. The number of aromatic nitrogens is 2. The molecule has 0 aliphatic carbocycles. The first-order valence-corrected chi connectivity index (χ1v) is 6.73. The number of rotatable bonds is 4. The van der Waals surface area contributed by atoms with Gasteiger partial charge in [0.25, 0.3) is 5.91 Å². The highest BCUT2D eigenvalue weighted by Crippen LogP contribution is 2.18. The number of amides is 1. The van der Waals surface area contributed by atoms with Crippen molar-refractivity contribution in [2.24, 2.45) is 0 Å². The number of hydroxylamine groups is 1. The highest BCUT2D eigenvalue weighted by molar-refractivity contribution is 5.96. The van der Waals surface area contributed by atoms with Crippen LogP contribution < -0.4 is 10.2 Å². The van der Waals surface area contributed by atoms with Gasteiger partial charge in [-0.2, -0.15) is 0 Å². The second-order valence-corrected chi connectivity index (χ2v) is 4.86. The summed E-state index contributed by atoms with van der Waals surface area (Å²) in [5, 5.41) is 8.72. The second kappa shape index (κ2) is 5.87. The fourth-order valence-electron chi connectivity index (χ4n) is 2.32. The Labute approximate surface area is 126 Å². The van der Waals surface area contributed by atoms with E-state index in [9.17, 15) is 4.79 Å². The molecule has 1 aromatic carbocycles. The Morgan fingerprint density at radius 2 is 2.09 bits per heavy atom. The third kappa shape index (κ3) is 2.64. The first kappa shape index (κ1) is 14.1. The SMILES string of the molecule is COc1ccc(Cn2ccc3ncc(C(=O)NO)cc32)cc1. The largest absolute Gasteiger partial charge is 0.497 e. The molecule has 0 bridgehead atoms. The summed E-state index contributed by atoms with van der Waals surface area (Å²) in [5.41, 5.74) is 4.66. The summed E-state index contributed by atoms with van der Waals surface area (Å²) in [6.07, 6.45) is 3.36. The van der Waals surface area contributed by atoms with Crippen LogP contribution in [0.25, 0.3) is 11.0 Å². The van der Waals surface area contributed by atoms with Crippen LogP contribution in [0.4, 0.5) is 0 Å². The fourth-order valence-corrected chi connectivity index (χ4v) is 2.32. The van der Waals surface area contributed by atoms with Gasteiger partial charge >= 0.3 is 0 Å². The molecule has 0 aliphatic rings. The van der Waals surface area contributed by atoms with Gasteiger partial charge in [-0.05, 0) is 29.8 Å². The highest BCUT2D eigenvalue weighted by Gasteiger charge is 2.09. The number of ether oxygens (including phenoxy) is 1. The minimum atomic E-state index is -0.577. The maximum atomic E-state index is 11.5. The van der Waals surface area contributed by atoms with Gasteiger partial charge in [-0.15, -0.1) is 0 Å². The van der Waals surface area contributed by atoms with Crippen molar-refractivity contribution in [2.45, 2.75) is 6.54 Å². The lowest BCUT2D eigenvalue weighted by atomic mass is 10.2. The lowest BCUT2D eigenvalue weighted by Gasteiger charge is -2.07. The van der Waals surface area contributed by atoms with Crippen molar-refractivity contribution in [1.82, 2.24) is 15.0 Å². The Morgan fingerprint density at radius 3 is 2.77 bits per heavy atom. The van der Waals surface area contributed by atoms with Crippen LogP contribution >= 0.6 is 0 Å². The molecule has 6 heteroatoms. The van der Waals surface area contributed by atoms with Crippen LogP contribution in [0.1, 0.15) is 15.9 Å². The van der Waals surface area contributed by atoms with E-state index in [2.05, 4.69) is 4.98 Å². The van der Waals surface area contributed by atoms with E-state index in [0.29, 0.717) is 12.1 Å². The second-order valence-electron chi connectivity index (χ2n) is 4.86. The molecule has 0 spiro atoms. The van der Waals surface area contributed by atoms with E-state index in [1.807, 2.05) is 41.1 Å². The number of fused-ring (bicyclic) bond motifs is 1. The summed E-state index contributed by atoms with van der Waals surface area (Å²) in [7, 11) is 1.63. The summed E-state index contributed by atoms with van der Waals surface area (Å²) in [6.45, 7) is 0.652. The average Bonchev–Trinajstić information content (AvgIpc) is 2.97. The number of nitrogens with zero attached hydrogens (tertiary/aromatic N) is 2. The zero-order chi connectivity index (χ0) is 15.5. The molecule has 0 aliphatic heterocycles. The molecular weight excluding hydrogens is 282 g/mol. The van der Waals surface area contributed by atoms with Gasteiger partial charge in [0, 0.05) is 18.9 Å². The molecule has 1 amide bonds. The molecule has 0 unspecified atom stereocenters. The summed E-state index contributed by atoms with van der Waals surface area (Å²) in [4.78, 5) is 15.7. The molecule has 0 fully saturated rings. The molecule has 0 atom stereocenters. The van der Waals surface area contributed by atoms with E-state index >= 15 is 0 Å². The van der Waals surface area contributed by atoms with Gasteiger partial charge in [0.1, 0.15) is 5.75 Å². The molecule has 0 saturated carbocycles. The first-order chi connectivity index (χ1) is 10.7. The normalized spacial score (nSPS) is 10.6. The van der Waals surface area contributed by atoms with Gasteiger partial charge in [0.05, 0.1) is 23.7 Å². The molecule has 2 heterocycles. The standard InChI is InChI=1S/C16H15N3O3/c1-22-13-4-2-11(3-5-13)10-19-7-6-14-15(19)8-12(9-17-14)16(20)18-21/h2-9,21H,10H2,1H3,(H,18,20). The van der Waals surface area contributed by atoms with Gasteiger partial charge in [0.15, 0.2) is 0 Å². The van der Waals surface area contributed by atoms with Crippen LogP contribution in [-0.4, -0.2) is 27.8 Å². The molecule has 0 radical (unpaired) electrons. The van der Waals surface area contributed by atoms with Crippen molar-refractivity contribution < 1.29 is 14.7 Å². The first-order valence-electron chi connectivity index (χ1n) is 6.73. The number of carbonyl (C=O) groups excluding carboxylic acids is 1. The summed E-state index contributed by atoms with van der Waals surface area (Å²) >= 11 is 0. The van der Waals surface area contributed by atoms with Crippen molar-refractivity contribution in [3.8, 4) is 5.75 Å². The number of benzene rings is 1. The quantitative estimate of drug-likeness (QED) is 0.572. The number of nitrogens with one attached hydrogen (secondary N) is 1. The van der Waals surface area contributed by atoms with Crippen LogP contribution in [0.2, 0.25) is 0 Å². The lowest BCUT2D eigenvalue weighted by Crippen LogP contribution is -2.18. The Balaban J connectivity index is 1.94. The molecule has 6 nitrogen and oxygen atoms in total. The van der Waals surface area contributed by atoms with Crippen molar-refractivity contribution in [3.63, 3.8) is 0 Å². The molecule has 22 heavy (non-hydrogen) atoms. The van der Waals surface area contributed by atoms with Crippen LogP contribution in [-0.2, 0) is 6.54 Å². The summed E-state index contributed by atoms with van der Waals surface area (Å²) in [6, 6.07) is 11.4.